The zero-order valence-corrected chi connectivity index (χ0v) is 24.0. The van der Waals surface area contributed by atoms with Gasteiger partial charge in [-0.2, -0.15) is 0 Å². The molecule has 1 amide bonds. The lowest BCUT2D eigenvalue weighted by Crippen LogP contribution is -2.36. The number of aromatic nitrogens is 3. The first kappa shape index (κ1) is 29.7. The number of carboxylic acids is 1. The Kier molecular flexibility index (Phi) is 8.64. The highest BCUT2D eigenvalue weighted by molar-refractivity contribution is 7.16. The van der Waals surface area contributed by atoms with E-state index in [2.05, 4.69) is 36.8 Å². The van der Waals surface area contributed by atoms with Crippen LogP contribution in [-0.2, 0) is 11.3 Å². The molecule has 4 heterocycles. The molecular weight excluding hydrogens is 573 g/mol. The minimum atomic E-state index is -4.83. The van der Waals surface area contributed by atoms with Gasteiger partial charge in [0, 0.05) is 36.1 Å². The Morgan fingerprint density at radius 2 is 1.88 bits per heavy atom. The molecule has 2 N–H and O–H groups in total. The largest absolute Gasteiger partial charge is 0.573 e. The van der Waals surface area contributed by atoms with Gasteiger partial charge in [-0.15, -0.1) is 13.2 Å². The van der Waals surface area contributed by atoms with Gasteiger partial charge in [0.2, 0.25) is 0 Å². The fourth-order valence-electron chi connectivity index (χ4n) is 5.35. The van der Waals surface area contributed by atoms with Crippen LogP contribution in [0.2, 0.25) is 0 Å². The van der Waals surface area contributed by atoms with Crippen molar-refractivity contribution < 1.29 is 32.6 Å². The number of piperidine rings is 1. The van der Waals surface area contributed by atoms with Crippen LogP contribution in [0.1, 0.15) is 53.5 Å². The number of nitrogens with zero attached hydrogens (tertiary/aromatic N) is 5. The molecular formula is C28H31F3N6O4S. The monoisotopic (exact) mass is 604 g/mol. The van der Waals surface area contributed by atoms with E-state index in [0.717, 1.165) is 24.3 Å². The summed E-state index contributed by atoms with van der Waals surface area (Å²) in [5, 5.41) is 12.3. The van der Waals surface area contributed by atoms with Crippen LogP contribution in [0.3, 0.4) is 0 Å². The summed E-state index contributed by atoms with van der Waals surface area (Å²) in [6, 6.07) is 4.71. The number of carboxylic acid groups (broad SMARTS) is 1. The molecule has 2 aliphatic heterocycles. The molecule has 14 heteroatoms. The molecule has 5 rings (SSSR count). The molecule has 224 valence electrons. The number of aliphatic carboxylic acids is 1. The van der Waals surface area contributed by atoms with E-state index in [9.17, 15) is 27.9 Å². The first-order valence-corrected chi connectivity index (χ1v) is 14.5. The van der Waals surface area contributed by atoms with Crippen molar-refractivity contribution in [1.29, 1.82) is 0 Å². The van der Waals surface area contributed by atoms with Gasteiger partial charge in [-0.1, -0.05) is 11.3 Å². The van der Waals surface area contributed by atoms with Crippen molar-refractivity contribution in [3.63, 3.8) is 0 Å². The predicted molar refractivity (Wildman–Crippen MR) is 151 cm³/mol. The summed E-state index contributed by atoms with van der Waals surface area (Å²) in [7, 11) is 0. The van der Waals surface area contributed by atoms with Crippen molar-refractivity contribution in [2.75, 3.05) is 29.9 Å². The number of hydrogen-bond donors (Lipinski definition) is 2. The summed E-state index contributed by atoms with van der Waals surface area (Å²) in [5.41, 5.74) is 1.59. The molecule has 10 nitrogen and oxygen atoms in total. The van der Waals surface area contributed by atoms with Crippen LogP contribution in [0, 0.1) is 12.8 Å². The Balaban J connectivity index is 1.35. The maximum atomic E-state index is 13.1. The first-order chi connectivity index (χ1) is 19.9. The number of thiazole rings is 1. The third-order valence-corrected chi connectivity index (χ3v) is 8.51. The van der Waals surface area contributed by atoms with E-state index < -0.39 is 18.2 Å². The molecule has 0 radical (unpaired) electrons. The zero-order chi connectivity index (χ0) is 30.0. The van der Waals surface area contributed by atoms with Gasteiger partial charge in [-0.3, -0.25) is 19.8 Å². The van der Waals surface area contributed by atoms with Crippen LogP contribution in [-0.4, -0.2) is 68.9 Å². The molecule has 1 unspecified atom stereocenters. The minimum Gasteiger partial charge on any atom is -0.481 e. The number of aryl methyl sites for hydroxylation is 1. The Hall–Kier alpha value is -3.78. The van der Waals surface area contributed by atoms with Crippen molar-refractivity contribution in [2.24, 2.45) is 5.92 Å². The SMILES string of the molecule is Cc1cc(OC(F)(F)F)cc(-c2nc(NC(=O)c3cnc(N4CCC(C(=O)O)CC4)cn3)sc2CN2CCCC2C)c1. The normalized spacial score (nSPS) is 18.3. The number of alkyl halides is 3. The lowest BCUT2D eigenvalue weighted by Gasteiger charge is -2.30. The fourth-order valence-corrected chi connectivity index (χ4v) is 6.35. The average Bonchev–Trinajstić information content (AvgIpc) is 3.53. The average molecular weight is 605 g/mol. The third kappa shape index (κ3) is 7.16. The number of anilines is 2. The molecule has 1 aromatic carbocycles. The van der Waals surface area contributed by atoms with Crippen LogP contribution in [0.15, 0.2) is 30.6 Å². The quantitative estimate of drug-likeness (QED) is 0.351. The maximum Gasteiger partial charge on any atom is 0.573 e. The molecule has 0 aliphatic carbocycles. The van der Waals surface area contributed by atoms with Crippen LogP contribution < -0.4 is 15.0 Å². The topological polar surface area (TPSA) is 121 Å². The van der Waals surface area contributed by atoms with Crippen molar-refractivity contribution >= 4 is 34.2 Å². The summed E-state index contributed by atoms with van der Waals surface area (Å²) in [6.45, 7) is 6.32. The van der Waals surface area contributed by atoms with E-state index in [-0.39, 0.29) is 17.4 Å². The molecule has 2 aliphatic rings. The molecule has 1 atom stereocenters. The highest BCUT2D eigenvalue weighted by Gasteiger charge is 2.32. The molecule has 42 heavy (non-hydrogen) atoms. The van der Waals surface area contributed by atoms with E-state index in [1.165, 1.54) is 35.9 Å². The standard InChI is InChI=1S/C28H31F3N6O4S/c1-16-10-19(12-20(11-16)41-28(29,30)31)24-22(15-37-7-3-4-17(37)2)42-27(34-24)35-25(38)21-13-33-23(14-32-21)36-8-5-18(6-9-36)26(39)40/h10-14,17-18H,3-9,15H2,1-2H3,(H,39,40)(H,34,35,38). The third-order valence-electron chi connectivity index (χ3n) is 7.55. The van der Waals surface area contributed by atoms with Gasteiger partial charge in [0.1, 0.15) is 17.3 Å². The maximum absolute atomic E-state index is 13.1. The summed E-state index contributed by atoms with van der Waals surface area (Å²) in [5.74, 6) is -1.46. The lowest BCUT2D eigenvalue weighted by molar-refractivity contribution is -0.274. The number of carbonyl (C=O) groups is 2. The second-order valence-corrected chi connectivity index (χ2v) is 11.7. The van der Waals surface area contributed by atoms with Gasteiger partial charge < -0.3 is 14.7 Å². The number of amides is 1. The van der Waals surface area contributed by atoms with Gasteiger partial charge in [-0.05, 0) is 69.8 Å². The van der Waals surface area contributed by atoms with Gasteiger partial charge >= 0.3 is 12.3 Å². The number of likely N-dealkylation sites (tertiary alicyclic amines) is 1. The zero-order valence-electron chi connectivity index (χ0n) is 23.1. The summed E-state index contributed by atoms with van der Waals surface area (Å²) in [6.07, 6.45) is 1.14. The molecule has 0 spiro atoms. The Morgan fingerprint density at radius 1 is 1.12 bits per heavy atom. The van der Waals surface area contributed by atoms with Crippen LogP contribution >= 0.6 is 11.3 Å². The molecule has 3 aromatic rings. The minimum absolute atomic E-state index is 0.0713. The van der Waals surface area contributed by atoms with Gasteiger partial charge in [0.25, 0.3) is 5.91 Å². The van der Waals surface area contributed by atoms with Crippen molar-refractivity contribution in [3.05, 3.63) is 46.7 Å². The molecule has 2 saturated heterocycles. The number of benzene rings is 1. The van der Waals surface area contributed by atoms with Gasteiger partial charge in [0.05, 0.1) is 24.0 Å². The second kappa shape index (κ2) is 12.2. The second-order valence-electron chi connectivity index (χ2n) is 10.6. The van der Waals surface area contributed by atoms with Gasteiger partial charge in [0.15, 0.2) is 5.13 Å². The molecule has 0 saturated carbocycles. The number of carbonyl (C=O) groups excluding carboxylic acids is 1. The van der Waals surface area contributed by atoms with Crippen LogP contribution in [0.25, 0.3) is 11.3 Å². The lowest BCUT2D eigenvalue weighted by atomic mass is 9.97. The Morgan fingerprint density at radius 3 is 2.50 bits per heavy atom. The molecule has 2 aromatic heterocycles. The highest BCUT2D eigenvalue weighted by Crippen LogP contribution is 2.37. The van der Waals surface area contributed by atoms with Crippen molar-refractivity contribution in [1.82, 2.24) is 19.9 Å². The number of halogens is 3. The molecule has 0 bridgehead atoms. The first-order valence-electron chi connectivity index (χ1n) is 13.7. The smallest absolute Gasteiger partial charge is 0.481 e. The van der Waals surface area contributed by atoms with Crippen molar-refractivity contribution in [3.8, 4) is 17.0 Å². The Bertz CT molecular complexity index is 1440. The van der Waals surface area contributed by atoms with Crippen LogP contribution in [0.4, 0.5) is 24.1 Å². The van der Waals surface area contributed by atoms with Crippen molar-refractivity contribution in [2.45, 2.75) is 58.5 Å². The van der Waals surface area contributed by atoms with E-state index in [1.54, 1.807) is 13.0 Å². The van der Waals surface area contributed by atoms with Gasteiger partial charge in [-0.25, -0.2) is 15.0 Å². The Labute approximate surface area is 244 Å². The fraction of sp³-hybridized carbons (Fsp3) is 0.464. The summed E-state index contributed by atoms with van der Waals surface area (Å²) < 4.78 is 43.1. The predicted octanol–water partition coefficient (Wildman–Crippen LogP) is 5.34. The van der Waals surface area contributed by atoms with E-state index >= 15 is 0 Å². The summed E-state index contributed by atoms with van der Waals surface area (Å²) >= 11 is 1.27. The number of ether oxygens (including phenoxy) is 1. The van der Waals surface area contributed by atoms with E-state index in [4.69, 9.17) is 0 Å². The number of hydrogen-bond acceptors (Lipinski definition) is 9. The van der Waals surface area contributed by atoms with Crippen LogP contribution in [0.5, 0.6) is 5.75 Å². The number of nitrogens with one attached hydrogen (secondary N) is 1. The highest BCUT2D eigenvalue weighted by atomic mass is 32.1. The number of rotatable bonds is 8. The van der Waals surface area contributed by atoms with E-state index in [1.807, 2.05) is 4.90 Å². The summed E-state index contributed by atoms with van der Waals surface area (Å²) in [4.78, 5) is 42.5. The van der Waals surface area contributed by atoms with E-state index in [0.29, 0.717) is 66.3 Å². The molecule has 2 fully saturated rings.